The molecular formula is C10H14. The highest BCUT2D eigenvalue weighted by molar-refractivity contribution is 5.37. The Bertz CT molecular complexity index is 180. The van der Waals surface area contributed by atoms with Crippen molar-refractivity contribution >= 4 is 0 Å². The standard InChI is InChI=1S/C10H14/c1-5-7-8-10(6-2)9(3)4/h5-8H,2-3H2,1,4H3/b7-5+,10-8+. The number of hydrogen-bond donors (Lipinski definition) is 0. The van der Waals surface area contributed by atoms with Crippen molar-refractivity contribution < 1.29 is 0 Å². The summed E-state index contributed by atoms with van der Waals surface area (Å²) in [4.78, 5) is 0. The van der Waals surface area contributed by atoms with E-state index < -0.39 is 0 Å². The molecule has 0 aromatic heterocycles. The van der Waals surface area contributed by atoms with Crippen molar-refractivity contribution in [2.24, 2.45) is 0 Å². The molecule has 0 spiro atoms. The lowest BCUT2D eigenvalue weighted by Crippen LogP contribution is -1.75. The van der Waals surface area contributed by atoms with Crippen molar-refractivity contribution in [2.45, 2.75) is 13.8 Å². The highest BCUT2D eigenvalue weighted by Crippen LogP contribution is 2.06. The first-order valence-electron chi connectivity index (χ1n) is 3.33. The maximum absolute atomic E-state index is 3.81. The van der Waals surface area contributed by atoms with Crippen LogP contribution in [0.3, 0.4) is 0 Å². The minimum atomic E-state index is 1.05. The summed E-state index contributed by atoms with van der Waals surface area (Å²) >= 11 is 0. The summed E-state index contributed by atoms with van der Waals surface area (Å²) in [6.45, 7) is 11.4. The molecule has 0 aliphatic rings. The summed E-state index contributed by atoms with van der Waals surface area (Å²) in [5.41, 5.74) is 2.14. The summed E-state index contributed by atoms with van der Waals surface area (Å²) in [6.07, 6.45) is 7.76. The van der Waals surface area contributed by atoms with Gasteiger partial charge in [0.25, 0.3) is 0 Å². The first-order chi connectivity index (χ1) is 4.72. The molecule has 0 aliphatic heterocycles. The van der Waals surface area contributed by atoms with Crippen LogP contribution in [0.4, 0.5) is 0 Å². The van der Waals surface area contributed by atoms with Crippen molar-refractivity contribution in [1.82, 2.24) is 0 Å². The predicted molar refractivity (Wildman–Crippen MR) is 47.9 cm³/mol. The molecule has 0 bridgehead atoms. The van der Waals surface area contributed by atoms with Gasteiger partial charge in [-0.15, -0.1) is 0 Å². The van der Waals surface area contributed by atoms with E-state index in [0.29, 0.717) is 0 Å². The van der Waals surface area contributed by atoms with Gasteiger partial charge in [-0.3, -0.25) is 0 Å². The van der Waals surface area contributed by atoms with Crippen molar-refractivity contribution in [3.63, 3.8) is 0 Å². The lowest BCUT2D eigenvalue weighted by Gasteiger charge is -1.95. The van der Waals surface area contributed by atoms with Gasteiger partial charge in [-0.1, -0.05) is 43.0 Å². The maximum atomic E-state index is 3.81. The van der Waals surface area contributed by atoms with Crippen LogP contribution < -0.4 is 0 Å². The van der Waals surface area contributed by atoms with E-state index in [4.69, 9.17) is 0 Å². The van der Waals surface area contributed by atoms with Crippen LogP contribution in [-0.2, 0) is 0 Å². The molecule has 0 aliphatic carbocycles. The van der Waals surface area contributed by atoms with Crippen LogP contribution in [0.15, 0.2) is 48.6 Å². The highest BCUT2D eigenvalue weighted by Gasteiger charge is 1.86. The average Bonchev–Trinajstić information content (AvgIpc) is 1.89. The Labute approximate surface area is 63.3 Å². The van der Waals surface area contributed by atoms with Crippen LogP contribution in [0.5, 0.6) is 0 Å². The summed E-state index contributed by atoms with van der Waals surface area (Å²) < 4.78 is 0. The lowest BCUT2D eigenvalue weighted by molar-refractivity contribution is 1.46. The highest BCUT2D eigenvalue weighted by atomic mass is 13.9. The van der Waals surface area contributed by atoms with E-state index in [2.05, 4.69) is 13.2 Å². The second kappa shape index (κ2) is 4.80. The molecule has 0 heterocycles. The fraction of sp³-hybridized carbons (Fsp3) is 0.200. The van der Waals surface area contributed by atoms with Crippen molar-refractivity contribution in [3.05, 3.63) is 48.6 Å². The largest absolute Gasteiger partial charge is 0.0985 e. The minimum absolute atomic E-state index is 1.05. The SMILES string of the molecule is C=C/C(=C\C=C\C)C(=C)C. The maximum Gasteiger partial charge on any atom is -0.0239 e. The van der Waals surface area contributed by atoms with Gasteiger partial charge in [0.2, 0.25) is 0 Å². The Kier molecular flexibility index (Phi) is 4.30. The normalized spacial score (nSPS) is 12.0. The molecule has 10 heavy (non-hydrogen) atoms. The molecule has 0 atom stereocenters. The zero-order chi connectivity index (χ0) is 7.98. The second-order valence-electron chi connectivity index (χ2n) is 2.13. The van der Waals surface area contributed by atoms with E-state index in [1.54, 1.807) is 0 Å². The van der Waals surface area contributed by atoms with Gasteiger partial charge >= 0.3 is 0 Å². The smallest absolute Gasteiger partial charge is 0.0239 e. The fourth-order valence-corrected chi connectivity index (χ4v) is 0.584. The summed E-state index contributed by atoms with van der Waals surface area (Å²) in [5.74, 6) is 0. The van der Waals surface area contributed by atoms with Crippen LogP contribution in [0.25, 0.3) is 0 Å². The molecule has 0 aromatic carbocycles. The molecule has 0 nitrogen and oxygen atoms in total. The molecule has 0 amide bonds. The van der Waals surface area contributed by atoms with Gasteiger partial charge in [0.1, 0.15) is 0 Å². The minimum Gasteiger partial charge on any atom is -0.0985 e. The van der Waals surface area contributed by atoms with Crippen LogP contribution >= 0.6 is 0 Å². The van der Waals surface area contributed by atoms with Crippen molar-refractivity contribution in [2.75, 3.05) is 0 Å². The molecule has 0 heteroatoms. The Morgan fingerprint density at radius 1 is 1.40 bits per heavy atom. The quantitative estimate of drug-likeness (QED) is 0.520. The predicted octanol–water partition coefficient (Wildman–Crippen LogP) is 3.25. The number of hydrogen-bond acceptors (Lipinski definition) is 0. The van der Waals surface area contributed by atoms with Gasteiger partial charge in [-0.25, -0.2) is 0 Å². The van der Waals surface area contributed by atoms with E-state index in [9.17, 15) is 0 Å². The van der Waals surface area contributed by atoms with Gasteiger partial charge in [-0.2, -0.15) is 0 Å². The van der Waals surface area contributed by atoms with Crippen LogP contribution in [0.2, 0.25) is 0 Å². The third-order valence-corrected chi connectivity index (χ3v) is 1.18. The fourth-order valence-electron chi connectivity index (χ4n) is 0.584. The molecular weight excluding hydrogens is 120 g/mol. The molecule has 0 rings (SSSR count). The molecule has 0 radical (unpaired) electrons. The first-order valence-corrected chi connectivity index (χ1v) is 3.33. The van der Waals surface area contributed by atoms with Crippen LogP contribution in [0, 0.1) is 0 Å². The van der Waals surface area contributed by atoms with E-state index in [1.165, 1.54) is 0 Å². The molecule has 0 saturated heterocycles. The third kappa shape index (κ3) is 3.08. The monoisotopic (exact) mass is 134 g/mol. The Morgan fingerprint density at radius 3 is 2.30 bits per heavy atom. The summed E-state index contributed by atoms with van der Waals surface area (Å²) in [5, 5.41) is 0. The van der Waals surface area contributed by atoms with Crippen molar-refractivity contribution in [3.8, 4) is 0 Å². The van der Waals surface area contributed by atoms with E-state index in [-0.39, 0.29) is 0 Å². The van der Waals surface area contributed by atoms with Crippen LogP contribution in [0.1, 0.15) is 13.8 Å². The molecule has 0 unspecified atom stereocenters. The summed E-state index contributed by atoms with van der Waals surface area (Å²) in [6, 6.07) is 0. The van der Waals surface area contributed by atoms with Gasteiger partial charge in [0, 0.05) is 0 Å². The number of allylic oxidation sites excluding steroid dienone is 6. The topological polar surface area (TPSA) is 0 Å². The van der Waals surface area contributed by atoms with E-state index in [0.717, 1.165) is 11.1 Å². The second-order valence-corrected chi connectivity index (χ2v) is 2.13. The Hall–Kier alpha value is -1.04. The molecule has 0 saturated carbocycles. The third-order valence-electron chi connectivity index (χ3n) is 1.18. The first kappa shape index (κ1) is 8.96. The van der Waals surface area contributed by atoms with E-state index in [1.807, 2.05) is 38.2 Å². The Morgan fingerprint density at radius 2 is 2.00 bits per heavy atom. The zero-order valence-electron chi connectivity index (χ0n) is 6.72. The van der Waals surface area contributed by atoms with E-state index >= 15 is 0 Å². The zero-order valence-corrected chi connectivity index (χ0v) is 6.72. The van der Waals surface area contributed by atoms with Crippen LogP contribution in [-0.4, -0.2) is 0 Å². The number of rotatable bonds is 3. The van der Waals surface area contributed by atoms with Gasteiger partial charge in [0.05, 0.1) is 0 Å². The van der Waals surface area contributed by atoms with Gasteiger partial charge < -0.3 is 0 Å². The molecule has 54 valence electrons. The molecule has 0 fully saturated rings. The molecule has 0 aromatic rings. The average molecular weight is 134 g/mol. The van der Waals surface area contributed by atoms with Crippen molar-refractivity contribution in [1.29, 1.82) is 0 Å². The molecule has 0 N–H and O–H groups in total. The van der Waals surface area contributed by atoms with Gasteiger partial charge in [0.15, 0.2) is 0 Å². The van der Waals surface area contributed by atoms with Gasteiger partial charge in [-0.05, 0) is 19.4 Å². The Balaban J connectivity index is 4.33. The summed E-state index contributed by atoms with van der Waals surface area (Å²) in [7, 11) is 0. The lowest BCUT2D eigenvalue weighted by atomic mass is 10.1.